The fourth-order valence-corrected chi connectivity index (χ4v) is 3.41. The molecule has 0 spiro atoms. The first-order valence-electron chi connectivity index (χ1n) is 7.42. The molecule has 0 unspecified atom stereocenters. The second-order valence-corrected chi connectivity index (χ2v) is 7.05. The third-order valence-corrected chi connectivity index (χ3v) is 4.94. The van der Waals surface area contributed by atoms with Crippen LogP contribution < -0.4 is 0 Å². The van der Waals surface area contributed by atoms with Crippen molar-refractivity contribution in [1.29, 1.82) is 0 Å². The van der Waals surface area contributed by atoms with Gasteiger partial charge in [0.2, 0.25) is 0 Å². The smallest absolute Gasteiger partial charge is 0.0964 e. The molecule has 0 amide bonds. The molecule has 21 heavy (non-hydrogen) atoms. The molecule has 0 atom stereocenters. The molecule has 0 N–H and O–H groups in total. The van der Waals surface area contributed by atoms with E-state index in [0.717, 1.165) is 16.8 Å². The van der Waals surface area contributed by atoms with Crippen molar-refractivity contribution in [3.63, 3.8) is 0 Å². The van der Waals surface area contributed by atoms with E-state index in [1.807, 2.05) is 18.3 Å². The first-order chi connectivity index (χ1) is 10.1. The van der Waals surface area contributed by atoms with Gasteiger partial charge >= 0.3 is 0 Å². The van der Waals surface area contributed by atoms with Crippen LogP contribution >= 0.6 is 11.3 Å². The monoisotopic (exact) mass is 296 g/mol. The third-order valence-electron chi connectivity index (χ3n) is 3.64. The SMILES string of the molecule is CC(C)c1cc(-c2ccccn2)c2nc(C(C)C)sc2c1. The van der Waals surface area contributed by atoms with Crippen LogP contribution in [0, 0.1) is 0 Å². The molecule has 3 rings (SSSR count). The maximum atomic E-state index is 4.87. The summed E-state index contributed by atoms with van der Waals surface area (Å²) in [7, 11) is 0. The molecule has 108 valence electrons. The number of rotatable bonds is 3. The average molecular weight is 296 g/mol. The molecule has 2 heterocycles. The summed E-state index contributed by atoms with van der Waals surface area (Å²) in [4.78, 5) is 9.39. The zero-order valence-corrected chi connectivity index (χ0v) is 13.7. The number of aromatic nitrogens is 2. The van der Waals surface area contributed by atoms with Crippen LogP contribution in [0.25, 0.3) is 21.5 Å². The molecule has 1 aromatic carbocycles. The van der Waals surface area contributed by atoms with E-state index < -0.39 is 0 Å². The average Bonchev–Trinajstić information content (AvgIpc) is 2.91. The van der Waals surface area contributed by atoms with Crippen LogP contribution in [0.3, 0.4) is 0 Å². The van der Waals surface area contributed by atoms with Gasteiger partial charge in [-0.3, -0.25) is 4.98 Å². The van der Waals surface area contributed by atoms with Gasteiger partial charge in [0.15, 0.2) is 0 Å². The summed E-state index contributed by atoms with van der Waals surface area (Å²) in [6.45, 7) is 8.85. The summed E-state index contributed by atoms with van der Waals surface area (Å²) in [5.74, 6) is 0.961. The molecule has 3 aromatic rings. The van der Waals surface area contributed by atoms with Crippen LogP contribution in [-0.4, -0.2) is 9.97 Å². The molecule has 0 bridgehead atoms. The Morgan fingerprint density at radius 1 is 1.00 bits per heavy atom. The topological polar surface area (TPSA) is 25.8 Å². The van der Waals surface area contributed by atoms with Crippen LogP contribution in [0.4, 0.5) is 0 Å². The van der Waals surface area contributed by atoms with Crippen LogP contribution in [0.2, 0.25) is 0 Å². The van der Waals surface area contributed by atoms with E-state index in [9.17, 15) is 0 Å². The molecule has 3 heteroatoms. The zero-order valence-electron chi connectivity index (χ0n) is 12.9. The van der Waals surface area contributed by atoms with E-state index in [2.05, 4.69) is 50.9 Å². The Hall–Kier alpha value is -1.74. The number of nitrogens with zero attached hydrogens (tertiary/aromatic N) is 2. The lowest BCUT2D eigenvalue weighted by molar-refractivity contribution is 0.856. The molecular formula is C18H20N2S. The number of fused-ring (bicyclic) bond motifs is 1. The van der Waals surface area contributed by atoms with Gasteiger partial charge in [-0.05, 0) is 35.7 Å². The van der Waals surface area contributed by atoms with Gasteiger partial charge in [0, 0.05) is 17.7 Å². The number of benzene rings is 1. The van der Waals surface area contributed by atoms with Gasteiger partial charge in [-0.1, -0.05) is 33.8 Å². The van der Waals surface area contributed by atoms with E-state index in [0.29, 0.717) is 11.8 Å². The third kappa shape index (κ3) is 2.70. The Morgan fingerprint density at radius 3 is 2.43 bits per heavy atom. The first-order valence-corrected chi connectivity index (χ1v) is 8.23. The lowest BCUT2D eigenvalue weighted by Crippen LogP contribution is -1.91. The van der Waals surface area contributed by atoms with Crippen LogP contribution in [-0.2, 0) is 0 Å². The van der Waals surface area contributed by atoms with Crippen LogP contribution in [0.5, 0.6) is 0 Å². The second-order valence-electron chi connectivity index (χ2n) is 5.99. The van der Waals surface area contributed by atoms with Gasteiger partial charge in [-0.2, -0.15) is 0 Å². The van der Waals surface area contributed by atoms with Crippen molar-refractivity contribution in [3.05, 3.63) is 47.1 Å². The van der Waals surface area contributed by atoms with Crippen molar-refractivity contribution >= 4 is 21.6 Å². The van der Waals surface area contributed by atoms with Crippen LogP contribution in [0.1, 0.15) is 50.1 Å². The van der Waals surface area contributed by atoms with Crippen molar-refractivity contribution in [2.24, 2.45) is 0 Å². The normalized spacial score (nSPS) is 11.7. The highest BCUT2D eigenvalue weighted by Gasteiger charge is 2.15. The fraction of sp³-hybridized carbons (Fsp3) is 0.333. The Balaban J connectivity index is 2.29. The Kier molecular flexibility index (Phi) is 3.77. The minimum absolute atomic E-state index is 0.460. The molecule has 0 saturated carbocycles. The van der Waals surface area contributed by atoms with Crippen molar-refractivity contribution in [2.45, 2.75) is 39.5 Å². The van der Waals surface area contributed by atoms with Gasteiger partial charge in [0.25, 0.3) is 0 Å². The Morgan fingerprint density at radius 2 is 1.81 bits per heavy atom. The highest BCUT2D eigenvalue weighted by atomic mass is 32.1. The van der Waals surface area contributed by atoms with Gasteiger partial charge < -0.3 is 0 Å². The molecule has 0 aliphatic rings. The Bertz CT molecular complexity index is 757. The maximum absolute atomic E-state index is 4.87. The summed E-state index contributed by atoms with van der Waals surface area (Å²) < 4.78 is 1.27. The predicted molar refractivity (Wildman–Crippen MR) is 91.0 cm³/mol. The van der Waals surface area contributed by atoms with Gasteiger partial charge in [0.05, 0.1) is 20.9 Å². The van der Waals surface area contributed by atoms with E-state index in [-0.39, 0.29) is 0 Å². The summed E-state index contributed by atoms with van der Waals surface area (Å²) in [5.41, 5.74) is 4.60. The Labute approximate surface area is 129 Å². The van der Waals surface area contributed by atoms with Crippen LogP contribution in [0.15, 0.2) is 36.5 Å². The van der Waals surface area contributed by atoms with Gasteiger partial charge in [-0.15, -0.1) is 11.3 Å². The summed E-state index contributed by atoms with van der Waals surface area (Å²) in [6, 6.07) is 10.6. The number of pyridine rings is 1. The van der Waals surface area contributed by atoms with Crippen molar-refractivity contribution in [2.75, 3.05) is 0 Å². The minimum atomic E-state index is 0.460. The molecule has 0 aliphatic carbocycles. The number of thiazole rings is 1. The number of hydrogen-bond acceptors (Lipinski definition) is 3. The highest BCUT2D eigenvalue weighted by molar-refractivity contribution is 7.18. The fourth-order valence-electron chi connectivity index (χ4n) is 2.37. The molecule has 2 nitrogen and oxygen atoms in total. The van der Waals surface area contributed by atoms with E-state index in [1.165, 1.54) is 15.3 Å². The van der Waals surface area contributed by atoms with Crippen molar-refractivity contribution in [3.8, 4) is 11.3 Å². The van der Waals surface area contributed by atoms with Gasteiger partial charge in [-0.25, -0.2) is 4.98 Å². The maximum Gasteiger partial charge on any atom is 0.0964 e. The standard InChI is InChI=1S/C18H20N2S/c1-11(2)13-9-14(15-7-5-6-8-19-15)17-16(10-13)21-18(20-17)12(3)4/h5-12H,1-4H3. The second kappa shape index (κ2) is 5.57. The quantitative estimate of drug-likeness (QED) is 0.628. The molecule has 0 radical (unpaired) electrons. The molecule has 0 fully saturated rings. The van der Waals surface area contributed by atoms with E-state index in [1.54, 1.807) is 11.3 Å². The summed E-state index contributed by atoms with van der Waals surface area (Å²) in [6.07, 6.45) is 1.85. The molecule has 0 aliphatic heterocycles. The molecule has 0 saturated heterocycles. The summed E-state index contributed by atoms with van der Waals surface area (Å²) in [5, 5.41) is 1.20. The van der Waals surface area contributed by atoms with Crippen molar-refractivity contribution in [1.82, 2.24) is 9.97 Å². The van der Waals surface area contributed by atoms with Crippen molar-refractivity contribution < 1.29 is 0 Å². The zero-order chi connectivity index (χ0) is 15.0. The van der Waals surface area contributed by atoms with Gasteiger partial charge in [0.1, 0.15) is 0 Å². The summed E-state index contributed by atoms with van der Waals surface area (Å²) >= 11 is 1.81. The first kappa shape index (κ1) is 14.2. The predicted octanol–water partition coefficient (Wildman–Crippen LogP) is 5.61. The largest absolute Gasteiger partial charge is 0.256 e. The minimum Gasteiger partial charge on any atom is -0.256 e. The van der Waals surface area contributed by atoms with E-state index in [4.69, 9.17) is 4.98 Å². The molecule has 2 aromatic heterocycles. The lowest BCUT2D eigenvalue weighted by atomic mass is 9.98. The highest BCUT2D eigenvalue weighted by Crippen LogP contribution is 2.36. The van der Waals surface area contributed by atoms with E-state index >= 15 is 0 Å². The number of hydrogen-bond donors (Lipinski definition) is 0. The molecular weight excluding hydrogens is 276 g/mol. The lowest BCUT2D eigenvalue weighted by Gasteiger charge is -2.09.